The normalized spacial score (nSPS) is 23.7. The predicted octanol–water partition coefficient (Wildman–Crippen LogP) is 3.06. The smallest absolute Gasteiger partial charge is 0.129 e. The SMILES string of the molecule is CCc1cc(CCl)cc(N2CCN3CCCCC3C2)n1. The fourth-order valence-corrected chi connectivity index (χ4v) is 3.57. The summed E-state index contributed by atoms with van der Waals surface area (Å²) < 4.78 is 0. The van der Waals surface area contributed by atoms with Gasteiger partial charge in [-0.3, -0.25) is 4.90 Å². The van der Waals surface area contributed by atoms with Gasteiger partial charge in [0.15, 0.2) is 0 Å². The quantitative estimate of drug-likeness (QED) is 0.799. The first-order valence-electron chi connectivity index (χ1n) is 7.85. The number of aryl methyl sites for hydroxylation is 1. The van der Waals surface area contributed by atoms with Gasteiger partial charge in [-0.2, -0.15) is 0 Å². The summed E-state index contributed by atoms with van der Waals surface area (Å²) in [6.07, 6.45) is 5.06. The fourth-order valence-electron chi connectivity index (χ4n) is 3.42. The van der Waals surface area contributed by atoms with Crippen LogP contribution in [0.5, 0.6) is 0 Å². The van der Waals surface area contributed by atoms with Gasteiger partial charge in [-0.25, -0.2) is 4.98 Å². The van der Waals surface area contributed by atoms with Crippen molar-refractivity contribution in [2.24, 2.45) is 0 Å². The molecule has 0 aromatic carbocycles. The van der Waals surface area contributed by atoms with E-state index in [-0.39, 0.29) is 0 Å². The van der Waals surface area contributed by atoms with E-state index < -0.39 is 0 Å². The first-order valence-corrected chi connectivity index (χ1v) is 8.38. The molecule has 2 aliphatic rings. The number of hydrogen-bond acceptors (Lipinski definition) is 3. The van der Waals surface area contributed by atoms with E-state index in [1.165, 1.54) is 37.9 Å². The molecule has 3 nitrogen and oxygen atoms in total. The number of nitrogens with zero attached hydrogens (tertiary/aromatic N) is 3. The van der Waals surface area contributed by atoms with E-state index in [4.69, 9.17) is 16.6 Å². The Hall–Kier alpha value is -0.800. The van der Waals surface area contributed by atoms with Crippen molar-refractivity contribution in [2.75, 3.05) is 31.1 Å². The lowest BCUT2D eigenvalue weighted by molar-refractivity contribution is 0.133. The summed E-state index contributed by atoms with van der Waals surface area (Å²) in [5.41, 5.74) is 2.35. The van der Waals surface area contributed by atoms with Crippen LogP contribution in [0.15, 0.2) is 12.1 Å². The molecule has 0 amide bonds. The Morgan fingerprint density at radius 2 is 2.15 bits per heavy atom. The van der Waals surface area contributed by atoms with Crippen LogP contribution in [-0.2, 0) is 12.3 Å². The Morgan fingerprint density at radius 3 is 2.95 bits per heavy atom. The molecule has 0 bridgehead atoms. The van der Waals surface area contributed by atoms with Crippen molar-refractivity contribution in [3.05, 3.63) is 23.4 Å². The molecule has 3 rings (SSSR count). The highest BCUT2D eigenvalue weighted by Gasteiger charge is 2.29. The molecule has 2 saturated heterocycles. The second kappa shape index (κ2) is 6.31. The Bertz CT molecular complexity index is 441. The summed E-state index contributed by atoms with van der Waals surface area (Å²) in [4.78, 5) is 9.93. The zero-order valence-electron chi connectivity index (χ0n) is 12.3. The van der Waals surface area contributed by atoms with Gasteiger partial charge in [0.05, 0.1) is 0 Å². The number of piperazine rings is 1. The average Bonchev–Trinajstić information content (AvgIpc) is 2.53. The van der Waals surface area contributed by atoms with E-state index in [0.29, 0.717) is 5.88 Å². The van der Waals surface area contributed by atoms with E-state index in [9.17, 15) is 0 Å². The minimum absolute atomic E-state index is 0.575. The Labute approximate surface area is 126 Å². The molecule has 20 heavy (non-hydrogen) atoms. The van der Waals surface area contributed by atoms with Crippen molar-refractivity contribution in [3.8, 4) is 0 Å². The standard InChI is InChI=1S/C16H24ClN3/c1-2-14-9-13(11-17)10-16(18-14)20-8-7-19-6-4-3-5-15(19)12-20/h9-10,15H,2-8,11-12H2,1H3. The van der Waals surface area contributed by atoms with Crippen LogP contribution in [0.4, 0.5) is 5.82 Å². The van der Waals surface area contributed by atoms with E-state index in [1.54, 1.807) is 0 Å². The number of fused-ring (bicyclic) bond motifs is 1. The molecule has 3 heterocycles. The first-order chi connectivity index (χ1) is 9.80. The summed E-state index contributed by atoms with van der Waals surface area (Å²) in [5, 5.41) is 0. The monoisotopic (exact) mass is 293 g/mol. The second-order valence-electron chi connectivity index (χ2n) is 5.94. The number of rotatable bonds is 3. The van der Waals surface area contributed by atoms with Gasteiger partial charge >= 0.3 is 0 Å². The van der Waals surface area contributed by atoms with Gasteiger partial charge in [0.1, 0.15) is 5.82 Å². The van der Waals surface area contributed by atoms with Crippen LogP contribution in [-0.4, -0.2) is 42.1 Å². The third kappa shape index (κ3) is 2.94. The minimum atomic E-state index is 0.575. The van der Waals surface area contributed by atoms with Crippen molar-refractivity contribution in [2.45, 2.75) is 44.5 Å². The zero-order chi connectivity index (χ0) is 13.9. The van der Waals surface area contributed by atoms with E-state index >= 15 is 0 Å². The summed E-state index contributed by atoms with van der Waals surface area (Å²) in [5.74, 6) is 1.71. The highest BCUT2D eigenvalue weighted by atomic mass is 35.5. The second-order valence-corrected chi connectivity index (χ2v) is 6.21. The number of anilines is 1. The molecule has 0 N–H and O–H groups in total. The molecule has 1 unspecified atom stereocenters. The molecule has 1 aromatic heterocycles. The molecule has 2 aliphatic heterocycles. The minimum Gasteiger partial charge on any atom is -0.354 e. The Morgan fingerprint density at radius 1 is 1.25 bits per heavy atom. The van der Waals surface area contributed by atoms with Gasteiger partial charge < -0.3 is 4.90 Å². The first kappa shape index (κ1) is 14.2. The molecule has 110 valence electrons. The van der Waals surface area contributed by atoms with Crippen LogP contribution < -0.4 is 4.90 Å². The zero-order valence-corrected chi connectivity index (χ0v) is 13.1. The molecule has 2 fully saturated rings. The van der Waals surface area contributed by atoms with Crippen LogP contribution in [0.1, 0.15) is 37.4 Å². The van der Waals surface area contributed by atoms with E-state index in [0.717, 1.165) is 37.1 Å². The highest BCUT2D eigenvalue weighted by Crippen LogP contribution is 2.25. The Balaban J connectivity index is 1.78. The topological polar surface area (TPSA) is 19.4 Å². The molecule has 4 heteroatoms. The van der Waals surface area contributed by atoms with Crippen molar-refractivity contribution < 1.29 is 0 Å². The molecule has 0 aliphatic carbocycles. The maximum atomic E-state index is 6.02. The van der Waals surface area contributed by atoms with E-state index in [2.05, 4.69) is 28.9 Å². The van der Waals surface area contributed by atoms with Gasteiger partial charge in [-0.1, -0.05) is 13.3 Å². The van der Waals surface area contributed by atoms with Crippen molar-refractivity contribution in [1.29, 1.82) is 0 Å². The van der Waals surface area contributed by atoms with E-state index in [1.807, 2.05) is 0 Å². The van der Waals surface area contributed by atoms with Crippen LogP contribution in [0.3, 0.4) is 0 Å². The lowest BCUT2D eigenvalue weighted by Crippen LogP contribution is -2.55. The summed E-state index contributed by atoms with van der Waals surface area (Å²) in [6.45, 7) is 6.84. The largest absolute Gasteiger partial charge is 0.354 e. The van der Waals surface area contributed by atoms with Gasteiger partial charge in [0.2, 0.25) is 0 Å². The molecule has 0 saturated carbocycles. The van der Waals surface area contributed by atoms with Gasteiger partial charge in [0, 0.05) is 37.3 Å². The molecule has 0 radical (unpaired) electrons. The van der Waals surface area contributed by atoms with Crippen LogP contribution in [0.2, 0.25) is 0 Å². The third-order valence-corrected chi connectivity index (χ3v) is 4.91. The lowest BCUT2D eigenvalue weighted by atomic mass is 9.99. The number of pyridine rings is 1. The maximum Gasteiger partial charge on any atom is 0.129 e. The van der Waals surface area contributed by atoms with Crippen molar-refractivity contribution in [3.63, 3.8) is 0 Å². The highest BCUT2D eigenvalue weighted by molar-refractivity contribution is 6.17. The molecular weight excluding hydrogens is 270 g/mol. The van der Waals surface area contributed by atoms with Crippen molar-refractivity contribution in [1.82, 2.24) is 9.88 Å². The lowest BCUT2D eigenvalue weighted by Gasteiger charge is -2.44. The molecule has 1 aromatic rings. The van der Waals surface area contributed by atoms with Crippen LogP contribution in [0, 0.1) is 0 Å². The summed E-state index contributed by atoms with van der Waals surface area (Å²) >= 11 is 6.02. The van der Waals surface area contributed by atoms with Gasteiger partial charge in [-0.15, -0.1) is 11.6 Å². The number of halogens is 1. The number of piperidine rings is 1. The van der Waals surface area contributed by atoms with Gasteiger partial charge in [-0.05, 0) is 43.5 Å². The predicted molar refractivity (Wildman–Crippen MR) is 84.6 cm³/mol. The maximum absolute atomic E-state index is 6.02. The third-order valence-electron chi connectivity index (χ3n) is 4.60. The average molecular weight is 294 g/mol. The summed E-state index contributed by atoms with van der Waals surface area (Å²) in [7, 11) is 0. The molecular formula is C16H24ClN3. The van der Waals surface area contributed by atoms with Crippen LogP contribution in [0.25, 0.3) is 0 Å². The fraction of sp³-hybridized carbons (Fsp3) is 0.688. The number of aromatic nitrogens is 1. The molecule has 0 spiro atoms. The van der Waals surface area contributed by atoms with Crippen LogP contribution >= 0.6 is 11.6 Å². The number of alkyl halides is 1. The number of hydrogen-bond donors (Lipinski definition) is 0. The molecule has 1 atom stereocenters. The van der Waals surface area contributed by atoms with Gasteiger partial charge in [0.25, 0.3) is 0 Å². The summed E-state index contributed by atoms with van der Waals surface area (Å²) in [6, 6.07) is 5.03. The Kier molecular flexibility index (Phi) is 4.47. The van der Waals surface area contributed by atoms with Crippen molar-refractivity contribution >= 4 is 17.4 Å².